The third kappa shape index (κ3) is 2.80. The molecule has 1 aromatic carbocycles. The van der Waals surface area contributed by atoms with Crippen molar-refractivity contribution < 1.29 is 17.8 Å². The van der Waals surface area contributed by atoms with Crippen LogP contribution in [-0.2, 0) is 14.9 Å². The molecule has 1 amide bonds. The molecule has 1 aromatic rings. The highest BCUT2D eigenvalue weighted by atomic mass is 79.9. The number of hydrogen-bond donors (Lipinski definition) is 1. The first-order valence-corrected chi connectivity index (χ1v) is 8.63. The molecule has 6 nitrogen and oxygen atoms in total. The first-order valence-electron chi connectivity index (χ1n) is 5.60. The van der Waals surface area contributed by atoms with Crippen LogP contribution in [0.3, 0.4) is 0 Å². The van der Waals surface area contributed by atoms with E-state index in [1.807, 2.05) is 6.92 Å². The number of hydrogen-bond acceptors (Lipinski definition) is 4. The van der Waals surface area contributed by atoms with Gasteiger partial charge in [0.1, 0.15) is 4.90 Å². The molecule has 1 aliphatic rings. The van der Waals surface area contributed by atoms with Crippen LogP contribution >= 0.6 is 31.9 Å². The second kappa shape index (κ2) is 5.55. The average Bonchev–Trinajstić information content (AvgIpc) is 2.69. The van der Waals surface area contributed by atoms with Crippen LogP contribution in [0.2, 0.25) is 0 Å². The topological polar surface area (TPSA) is 87.0 Å². The predicted molar refractivity (Wildman–Crippen MR) is 81.5 cm³/mol. The Morgan fingerprint density at radius 3 is 2.55 bits per heavy atom. The van der Waals surface area contributed by atoms with Crippen LogP contribution in [-0.4, -0.2) is 24.6 Å². The zero-order valence-corrected chi connectivity index (χ0v) is 14.3. The maximum absolute atomic E-state index is 12.0. The van der Waals surface area contributed by atoms with Crippen LogP contribution in [0, 0.1) is 0 Å². The highest BCUT2D eigenvalue weighted by molar-refractivity contribution is 9.11. The summed E-state index contributed by atoms with van der Waals surface area (Å²) < 4.78 is 32.4. The number of rotatable bonds is 3. The Morgan fingerprint density at radius 1 is 1.40 bits per heavy atom. The van der Waals surface area contributed by atoms with Gasteiger partial charge in [-0.15, -0.1) is 0 Å². The molecule has 2 rings (SSSR count). The lowest BCUT2D eigenvalue weighted by Gasteiger charge is -2.17. The van der Waals surface area contributed by atoms with Gasteiger partial charge < -0.3 is 0 Å². The molecule has 108 valence electrons. The van der Waals surface area contributed by atoms with Gasteiger partial charge in [0, 0.05) is 10.2 Å². The quantitative estimate of drug-likeness (QED) is 0.754. The molecule has 0 aromatic heterocycles. The van der Waals surface area contributed by atoms with Crippen molar-refractivity contribution in [2.75, 3.05) is 5.01 Å². The molecule has 1 heterocycles. The van der Waals surface area contributed by atoms with E-state index in [0.29, 0.717) is 16.6 Å². The van der Waals surface area contributed by atoms with E-state index in [1.54, 1.807) is 0 Å². The molecule has 1 aliphatic heterocycles. The average molecular weight is 426 g/mol. The van der Waals surface area contributed by atoms with Gasteiger partial charge in [0.15, 0.2) is 0 Å². The van der Waals surface area contributed by atoms with Crippen LogP contribution in [0.25, 0.3) is 0 Å². The Morgan fingerprint density at radius 2 is 2.05 bits per heavy atom. The Hall–Kier alpha value is -0.770. The second-order valence-corrected chi connectivity index (χ2v) is 7.12. The van der Waals surface area contributed by atoms with Crippen molar-refractivity contribution in [1.29, 1.82) is 0 Å². The molecule has 0 saturated heterocycles. The number of benzene rings is 1. The largest absolute Gasteiger partial charge is 0.295 e. The van der Waals surface area contributed by atoms with E-state index in [0.717, 1.165) is 5.01 Å². The van der Waals surface area contributed by atoms with Gasteiger partial charge in [-0.2, -0.15) is 18.5 Å². The first-order chi connectivity index (χ1) is 9.25. The summed E-state index contributed by atoms with van der Waals surface area (Å²) in [5.41, 5.74) is 0.972. The number of nitrogens with zero attached hydrogens (tertiary/aromatic N) is 2. The van der Waals surface area contributed by atoms with Gasteiger partial charge in [0.2, 0.25) is 0 Å². The summed E-state index contributed by atoms with van der Waals surface area (Å²) in [6.07, 6.45) is 0.834. The van der Waals surface area contributed by atoms with Gasteiger partial charge in [-0.3, -0.25) is 9.35 Å². The summed E-state index contributed by atoms with van der Waals surface area (Å²) in [6, 6.07) is 2.67. The smallest absolute Gasteiger partial charge is 0.282 e. The van der Waals surface area contributed by atoms with Crippen molar-refractivity contribution in [3.63, 3.8) is 0 Å². The van der Waals surface area contributed by atoms with E-state index >= 15 is 0 Å². The summed E-state index contributed by atoms with van der Waals surface area (Å²) in [4.78, 5) is 11.7. The highest BCUT2D eigenvalue weighted by Gasteiger charge is 2.30. The van der Waals surface area contributed by atoms with Crippen molar-refractivity contribution in [2.24, 2.45) is 5.10 Å². The Balaban J connectivity index is 2.64. The van der Waals surface area contributed by atoms with Crippen molar-refractivity contribution in [1.82, 2.24) is 0 Å². The normalized spacial score (nSPS) is 15.7. The van der Waals surface area contributed by atoms with E-state index in [2.05, 4.69) is 37.0 Å². The Labute approximate surface area is 132 Å². The lowest BCUT2D eigenvalue weighted by Crippen LogP contribution is -2.21. The molecule has 0 saturated carbocycles. The third-order valence-corrected chi connectivity index (χ3v) is 5.36. The Bertz CT molecular complexity index is 715. The maximum atomic E-state index is 12.0. The van der Waals surface area contributed by atoms with E-state index < -0.39 is 10.1 Å². The van der Waals surface area contributed by atoms with Gasteiger partial charge in [0.25, 0.3) is 16.0 Å². The SMILES string of the molecule is CCC1=NN(c2c(Br)ccc(S(=O)(=O)O)c2Br)C(=O)C1. The summed E-state index contributed by atoms with van der Waals surface area (Å²) in [5.74, 6) is -0.254. The monoisotopic (exact) mass is 424 g/mol. The minimum absolute atomic E-state index is 0.0869. The molecule has 0 fully saturated rings. The molecular weight excluding hydrogens is 416 g/mol. The summed E-state index contributed by atoms with van der Waals surface area (Å²) in [5, 5.41) is 5.31. The molecular formula is C11H10Br2N2O4S. The van der Waals surface area contributed by atoms with Gasteiger partial charge in [0.05, 0.1) is 16.6 Å². The van der Waals surface area contributed by atoms with Crippen LogP contribution in [0.1, 0.15) is 19.8 Å². The molecule has 0 atom stereocenters. The fourth-order valence-corrected chi connectivity index (χ4v) is 4.22. The lowest BCUT2D eigenvalue weighted by molar-refractivity contribution is -0.116. The van der Waals surface area contributed by atoms with E-state index in [1.165, 1.54) is 12.1 Å². The van der Waals surface area contributed by atoms with Crippen molar-refractivity contribution in [2.45, 2.75) is 24.7 Å². The van der Waals surface area contributed by atoms with Gasteiger partial charge >= 0.3 is 0 Å². The molecule has 0 spiro atoms. The molecule has 0 aliphatic carbocycles. The number of carbonyl (C=O) groups excluding carboxylic acids is 1. The van der Waals surface area contributed by atoms with Crippen LogP contribution in [0.4, 0.5) is 5.69 Å². The predicted octanol–water partition coefficient (Wildman–Crippen LogP) is 2.96. The summed E-state index contributed by atoms with van der Waals surface area (Å²) in [6.45, 7) is 1.88. The van der Waals surface area contributed by atoms with E-state index in [4.69, 9.17) is 0 Å². The molecule has 0 unspecified atom stereocenters. The fourth-order valence-electron chi connectivity index (χ4n) is 1.77. The molecule has 9 heteroatoms. The summed E-state index contributed by atoms with van der Waals surface area (Å²) in [7, 11) is -4.39. The van der Waals surface area contributed by atoms with E-state index in [-0.39, 0.29) is 27.4 Å². The van der Waals surface area contributed by atoms with Crippen molar-refractivity contribution >= 4 is 59.3 Å². The standard InChI is InChI=1S/C11H10Br2N2O4S/c1-2-6-5-9(16)15(14-6)11-7(12)3-4-8(10(11)13)20(17,18)19/h3-4H,2,5H2,1H3,(H,17,18,19). The number of halogens is 2. The van der Waals surface area contributed by atoms with Crippen LogP contribution < -0.4 is 5.01 Å². The van der Waals surface area contributed by atoms with Crippen LogP contribution in [0.5, 0.6) is 0 Å². The number of anilines is 1. The number of hydrazone groups is 1. The maximum Gasteiger partial charge on any atom is 0.295 e. The summed E-state index contributed by atoms with van der Waals surface area (Å²) >= 11 is 6.37. The Kier molecular flexibility index (Phi) is 4.33. The number of amides is 1. The highest BCUT2D eigenvalue weighted by Crippen LogP contribution is 2.40. The van der Waals surface area contributed by atoms with Gasteiger partial charge in [-0.25, -0.2) is 0 Å². The molecule has 1 N–H and O–H groups in total. The number of carbonyl (C=O) groups is 1. The minimum atomic E-state index is -4.39. The minimum Gasteiger partial charge on any atom is -0.282 e. The second-order valence-electron chi connectivity index (χ2n) is 4.09. The molecule has 0 radical (unpaired) electrons. The lowest BCUT2D eigenvalue weighted by atomic mass is 10.2. The van der Waals surface area contributed by atoms with Crippen molar-refractivity contribution in [3.8, 4) is 0 Å². The third-order valence-electron chi connectivity index (χ3n) is 2.76. The molecule has 20 heavy (non-hydrogen) atoms. The van der Waals surface area contributed by atoms with E-state index in [9.17, 15) is 17.8 Å². The van der Waals surface area contributed by atoms with Crippen molar-refractivity contribution in [3.05, 3.63) is 21.1 Å². The van der Waals surface area contributed by atoms with Gasteiger partial charge in [-0.1, -0.05) is 6.92 Å². The van der Waals surface area contributed by atoms with Crippen LogP contribution in [0.15, 0.2) is 31.1 Å². The molecule has 0 bridgehead atoms. The first kappa shape index (κ1) is 15.6. The zero-order valence-electron chi connectivity index (χ0n) is 10.3. The zero-order chi connectivity index (χ0) is 15.1. The fraction of sp³-hybridized carbons (Fsp3) is 0.273. The van der Waals surface area contributed by atoms with Gasteiger partial charge in [-0.05, 0) is 50.4 Å².